The van der Waals surface area contributed by atoms with E-state index in [0.29, 0.717) is 5.92 Å². The molecule has 0 bridgehead atoms. The zero-order valence-electron chi connectivity index (χ0n) is 9.09. The Morgan fingerprint density at radius 3 is 2.50 bits per heavy atom. The molecule has 0 aromatic rings. The molecule has 6 nitrogen and oxygen atoms in total. The van der Waals surface area contributed by atoms with Crippen LogP contribution in [0.5, 0.6) is 0 Å². The molecule has 1 saturated heterocycles. The molecule has 2 aliphatic rings. The van der Waals surface area contributed by atoms with Crippen LogP contribution < -0.4 is 5.32 Å². The lowest BCUT2D eigenvalue weighted by atomic mass is 10.2. The van der Waals surface area contributed by atoms with E-state index in [4.69, 9.17) is 5.11 Å². The number of carboxylic acid groups (broad SMARTS) is 1. The Morgan fingerprint density at radius 1 is 1.38 bits per heavy atom. The van der Waals surface area contributed by atoms with Gasteiger partial charge in [0.05, 0.1) is 6.10 Å². The highest BCUT2D eigenvalue weighted by molar-refractivity contribution is 5.83. The molecule has 1 aliphatic carbocycles. The van der Waals surface area contributed by atoms with E-state index in [2.05, 4.69) is 5.32 Å². The minimum Gasteiger partial charge on any atom is -0.480 e. The van der Waals surface area contributed by atoms with Crippen LogP contribution in [0.15, 0.2) is 0 Å². The van der Waals surface area contributed by atoms with E-state index in [9.17, 15) is 14.7 Å². The van der Waals surface area contributed by atoms with Crippen LogP contribution in [0.2, 0.25) is 0 Å². The lowest BCUT2D eigenvalue weighted by Gasteiger charge is -2.21. The molecular formula is C10H16N2O4. The fraction of sp³-hybridized carbons (Fsp3) is 0.800. The maximum absolute atomic E-state index is 11.7. The van der Waals surface area contributed by atoms with Crippen LogP contribution in [0.3, 0.4) is 0 Å². The molecule has 2 fully saturated rings. The first-order valence-electron chi connectivity index (χ1n) is 5.47. The quantitative estimate of drug-likeness (QED) is 0.601. The summed E-state index contributed by atoms with van der Waals surface area (Å²) in [5.74, 6) is -0.588. The fourth-order valence-corrected chi connectivity index (χ4v) is 2.04. The van der Waals surface area contributed by atoms with Gasteiger partial charge in [0.15, 0.2) is 0 Å². The van der Waals surface area contributed by atoms with Gasteiger partial charge < -0.3 is 20.4 Å². The van der Waals surface area contributed by atoms with E-state index in [1.807, 2.05) is 6.92 Å². The lowest BCUT2D eigenvalue weighted by molar-refractivity contribution is -0.141. The minimum absolute atomic E-state index is 0.101. The molecule has 2 amide bonds. The number of nitrogens with zero attached hydrogens (tertiary/aromatic N) is 1. The number of rotatable bonds is 2. The summed E-state index contributed by atoms with van der Waals surface area (Å²) in [5, 5.41) is 21.1. The number of nitrogens with one attached hydrogen (secondary N) is 1. The summed E-state index contributed by atoms with van der Waals surface area (Å²) >= 11 is 0. The maximum atomic E-state index is 11.7. The molecule has 0 radical (unpaired) electrons. The Bertz CT molecular complexity index is 320. The number of β-amino-alcohol motifs (C(OH)–C–C–N with tert-alkyl or cyclic N) is 1. The van der Waals surface area contributed by atoms with Gasteiger partial charge in [0.25, 0.3) is 0 Å². The highest BCUT2D eigenvalue weighted by atomic mass is 16.4. The zero-order chi connectivity index (χ0) is 11.9. The third-order valence-electron chi connectivity index (χ3n) is 3.24. The molecule has 6 heteroatoms. The predicted octanol–water partition coefficient (Wildman–Crippen LogP) is -0.376. The van der Waals surface area contributed by atoms with E-state index in [0.717, 1.165) is 6.42 Å². The number of amides is 2. The Labute approximate surface area is 93.2 Å². The summed E-state index contributed by atoms with van der Waals surface area (Å²) in [7, 11) is 0. The number of urea groups is 1. The average Bonchev–Trinajstić information content (AvgIpc) is 2.74. The second-order valence-corrected chi connectivity index (χ2v) is 4.66. The molecule has 16 heavy (non-hydrogen) atoms. The SMILES string of the molecule is CC1CC1NC(=O)N1C[C@H](O)C[C@H]1C(=O)O. The smallest absolute Gasteiger partial charge is 0.326 e. The van der Waals surface area contributed by atoms with Crippen LogP contribution in [-0.4, -0.2) is 51.8 Å². The van der Waals surface area contributed by atoms with Crippen molar-refractivity contribution in [1.82, 2.24) is 10.2 Å². The molecule has 1 saturated carbocycles. The number of aliphatic carboxylic acids is 1. The molecule has 4 atom stereocenters. The van der Waals surface area contributed by atoms with E-state index < -0.39 is 18.1 Å². The molecule has 2 unspecified atom stereocenters. The van der Waals surface area contributed by atoms with Crippen molar-refractivity contribution < 1.29 is 19.8 Å². The summed E-state index contributed by atoms with van der Waals surface area (Å²) < 4.78 is 0. The summed E-state index contributed by atoms with van der Waals surface area (Å²) in [4.78, 5) is 23.8. The molecule has 1 heterocycles. The molecule has 2 rings (SSSR count). The lowest BCUT2D eigenvalue weighted by Crippen LogP contribution is -2.47. The third-order valence-corrected chi connectivity index (χ3v) is 3.24. The van der Waals surface area contributed by atoms with Crippen LogP contribution in [0, 0.1) is 5.92 Å². The monoisotopic (exact) mass is 228 g/mol. The second kappa shape index (κ2) is 3.93. The number of carbonyl (C=O) groups is 2. The zero-order valence-corrected chi connectivity index (χ0v) is 9.09. The molecule has 3 N–H and O–H groups in total. The molecule has 90 valence electrons. The Hall–Kier alpha value is -1.30. The highest BCUT2D eigenvalue weighted by Gasteiger charge is 2.41. The maximum Gasteiger partial charge on any atom is 0.326 e. The second-order valence-electron chi connectivity index (χ2n) is 4.66. The van der Waals surface area contributed by atoms with Crippen molar-refractivity contribution in [2.75, 3.05) is 6.54 Å². The number of hydrogen-bond acceptors (Lipinski definition) is 3. The van der Waals surface area contributed by atoms with Crippen molar-refractivity contribution in [3.05, 3.63) is 0 Å². The van der Waals surface area contributed by atoms with Gasteiger partial charge in [0, 0.05) is 19.0 Å². The van der Waals surface area contributed by atoms with Crippen LogP contribution in [0.1, 0.15) is 19.8 Å². The van der Waals surface area contributed by atoms with Crippen LogP contribution in [0.25, 0.3) is 0 Å². The predicted molar refractivity (Wildman–Crippen MR) is 54.9 cm³/mol. The molecular weight excluding hydrogens is 212 g/mol. The van der Waals surface area contributed by atoms with Crippen molar-refractivity contribution in [3.63, 3.8) is 0 Å². The van der Waals surface area contributed by atoms with Crippen molar-refractivity contribution in [1.29, 1.82) is 0 Å². The van der Waals surface area contributed by atoms with Crippen LogP contribution >= 0.6 is 0 Å². The Morgan fingerprint density at radius 2 is 2.00 bits per heavy atom. The first-order valence-corrected chi connectivity index (χ1v) is 5.47. The van der Waals surface area contributed by atoms with Crippen molar-refractivity contribution in [2.45, 2.75) is 38.0 Å². The van der Waals surface area contributed by atoms with Crippen LogP contribution in [0.4, 0.5) is 4.79 Å². The van der Waals surface area contributed by atoms with E-state index in [1.54, 1.807) is 0 Å². The molecule has 0 aromatic carbocycles. The standard InChI is InChI=1S/C10H16N2O4/c1-5-2-7(5)11-10(16)12-4-6(13)3-8(12)9(14)15/h5-8,13H,2-4H2,1H3,(H,11,16)(H,14,15)/t5?,6-,7?,8+/m1/s1. The number of carboxylic acids is 1. The topological polar surface area (TPSA) is 89.9 Å². The van der Waals surface area contributed by atoms with Crippen molar-refractivity contribution in [3.8, 4) is 0 Å². The number of carbonyl (C=O) groups excluding carboxylic acids is 1. The fourth-order valence-electron chi connectivity index (χ4n) is 2.04. The van der Waals surface area contributed by atoms with Gasteiger partial charge in [-0.3, -0.25) is 0 Å². The van der Waals surface area contributed by atoms with Gasteiger partial charge in [0.1, 0.15) is 6.04 Å². The van der Waals surface area contributed by atoms with E-state index in [1.165, 1.54) is 4.90 Å². The highest BCUT2D eigenvalue weighted by Crippen LogP contribution is 2.29. The van der Waals surface area contributed by atoms with Gasteiger partial charge in [-0.15, -0.1) is 0 Å². The average molecular weight is 228 g/mol. The van der Waals surface area contributed by atoms with Gasteiger partial charge >= 0.3 is 12.0 Å². The Balaban J connectivity index is 1.95. The number of aliphatic hydroxyl groups is 1. The summed E-state index contributed by atoms with van der Waals surface area (Å²) in [6.07, 6.45) is 0.325. The summed E-state index contributed by atoms with van der Waals surface area (Å²) in [5.41, 5.74) is 0. The van der Waals surface area contributed by atoms with Gasteiger partial charge in [0.2, 0.25) is 0 Å². The Kier molecular flexibility index (Phi) is 2.75. The van der Waals surface area contributed by atoms with Gasteiger partial charge in [-0.25, -0.2) is 9.59 Å². The normalized spacial score (nSPS) is 37.2. The van der Waals surface area contributed by atoms with Gasteiger partial charge in [-0.2, -0.15) is 0 Å². The first kappa shape index (κ1) is 11.2. The summed E-state index contributed by atoms with van der Waals surface area (Å²) in [6.45, 7) is 2.13. The van der Waals surface area contributed by atoms with E-state index in [-0.39, 0.29) is 25.0 Å². The molecule has 0 aromatic heterocycles. The van der Waals surface area contributed by atoms with E-state index >= 15 is 0 Å². The number of hydrogen-bond donors (Lipinski definition) is 3. The first-order chi connectivity index (χ1) is 7.49. The summed E-state index contributed by atoms with van der Waals surface area (Å²) in [6, 6.07) is -1.11. The van der Waals surface area contributed by atoms with Gasteiger partial charge in [-0.05, 0) is 12.3 Å². The largest absolute Gasteiger partial charge is 0.480 e. The molecule has 0 spiro atoms. The van der Waals surface area contributed by atoms with Crippen molar-refractivity contribution >= 4 is 12.0 Å². The van der Waals surface area contributed by atoms with Crippen molar-refractivity contribution in [2.24, 2.45) is 5.92 Å². The third kappa shape index (κ3) is 2.11. The van der Waals surface area contributed by atoms with Gasteiger partial charge in [-0.1, -0.05) is 6.92 Å². The molecule has 1 aliphatic heterocycles. The number of aliphatic hydroxyl groups excluding tert-OH is 1. The number of likely N-dealkylation sites (tertiary alicyclic amines) is 1. The van der Waals surface area contributed by atoms with Crippen LogP contribution in [-0.2, 0) is 4.79 Å². The minimum atomic E-state index is -1.06.